The van der Waals surface area contributed by atoms with E-state index in [2.05, 4.69) is 51.5 Å². The fourth-order valence-corrected chi connectivity index (χ4v) is 10.8. The maximum atomic E-state index is 13.3. The monoisotopic (exact) mass is 1240 g/mol. The van der Waals surface area contributed by atoms with Gasteiger partial charge in [-0.15, -0.1) is 20.5 Å². The van der Waals surface area contributed by atoms with E-state index < -0.39 is 130 Å². The van der Waals surface area contributed by atoms with Gasteiger partial charge in [0.25, 0.3) is 60.7 Å². The predicted octanol–water partition coefficient (Wildman–Crippen LogP) is 10.2. The molecule has 0 aliphatic carbocycles. The van der Waals surface area contributed by atoms with E-state index in [-0.39, 0.29) is 55.7 Å². The quantitative estimate of drug-likeness (QED) is 0.0317. The molecule has 0 aliphatic heterocycles. The van der Waals surface area contributed by atoms with Gasteiger partial charge in [0, 0.05) is 22.1 Å². The van der Waals surface area contributed by atoms with Gasteiger partial charge in [-0.3, -0.25) is 27.3 Å². The fourth-order valence-electron chi connectivity index (χ4n) is 7.26. The number of aromatic hydroxyl groups is 2. The molecule has 8 rings (SSSR count). The lowest BCUT2D eigenvalue weighted by Gasteiger charge is -2.13. The second-order valence-corrected chi connectivity index (χ2v) is 24.9. The van der Waals surface area contributed by atoms with Crippen molar-refractivity contribution in [1.29, 1.82) is 0 Å². The van der Waals surface area contributed by atoms with Crippen LogP contribution >= 0.6 is 0 Å². The van der Waals surface area contributed by atoms with Crippen LogP contribution in [0.15, 0.2) is 204 Å². The highest BCUT2D eigenvalue weighted by Gasteiger charge is 2.26. The Morgan fingerprint density at radius 2 is 0.646 bits per heavy atom. The number of fused-ring (bicyclic) bond motifs is 2. The highest BCUT2D eigenvalue weighted by Crippen LogP contribution is 2.45. The highest BCUT2D eigenvalue weighted by atomic mass is 32.2. The second-order valence-electron chi connectivity index (χ2n) is 16.5. The van der Waals surface area contributed by atoms with Crippen molar-refractivity contribution in [2.24, 2.45) is 40.9 Å². The number of anilines is 2. The molecule has 0 aliphatic rings. The van der Waals surface area contributed by atoms with Crippen molar-refractivity contribution >= 4 is 145 Å². The average Bonchev–Trinajstić information content (AvgIpc) is 2.19. The summed E-state index contributed by atoms with van der Waals surface area (Å²) in [6.45, 7) is 0. The Bertz CT molecular complexity index is 4530. The summed E-state index contributed by atoms with van der Waals surface area (Å²) in [6, 6.07) is 22.1. The smallest absolute Gasteiger partial charge is 0.323 e. The van der Waals surface area contributed by atoms with Crippen LogP contribution in [0, 0.1) is 0 Å². The minimum absolute atomic E-state index is 0.0538. The lowest BCUT2D eigenvalue weighted by atomic mass is 10.1. The van der Waals surface area contributed by atoms with E-state index in [0.717, 1.165) is 109 Å². The molecular formula is C45H32N10O21S6. The summed E-state index contributed by atoms with van der Waals surface area (Å²) in [5.74, 6) is -1.86. The van der Waals surface area contributed by atoms with E-state index >= 15 is 0 Å². The SMILES string of the molecule is O=C(Nc1ccc2c(O)c(N=Nc3ccc(N=Nc4ccc(S(=O)(=O)O)cc4)cc3S(=O)(=O)O)c(S(=O)(=O)O)cc2c1)Nc1ccc2c(O)c(N=Nc3ccc(N=Nc4ccc(S(=O)(=O)O)cc4)cc3S(=O)(=O)O)c(S(=O)(=O)O)cc2c1. The van der Waals surface area contributed by atoms with Gasteiger partial charge in [0.15, 0.2) is 11.5 Å². The number of amides is 2. The predicted molar refractivity (Wildman–Crippen MR) is 285 cm³/mol. The van der Waals surface area contributed by atoms with E-state index in [0.29, 0.717) is 0 Å². The number of carbonyl (C=O) groups excluding carboxylic acids is 1. The van der Waals surface area contributed by atoms with Crippen LogP contribution in [0.5, 0.6) is 11.5 Å². The molecule has 0 saturated heterocycles. The Hall–Kier alpha value is -8.99. The maximum Gasteiger partial charge on any atom is 0.323 e. The largest absolute Gasteiger partial charge is 0.505 e. The minimum atomic E-state index is -5.28. The zero-order valence-corrected chi connectivity index (χ0v) is 45.0. The van der Waals surface area contributed by atoms with Crippen LogP contribution in [-0.4, -0.2) is 94.1 Å². The average molecular weight is 1240 g/mol. The molecule has 0 unspecified atom stereocenters. The Balaban J connectivity index is 1.02. The topological polar surface area (TPSA) is 507 Å². The summed E-state index contributed by atoms with van der Waals surface area (Å²) in [5.41, 5.74) is -3.53. The number of hydrogen-bond acceptors (Lipinski definition) is 23. The van der Waals surface area contributed by atoms with Crippen LogP contribution in [0.4, 0.5) is 61.7 Å². The van der Waals surface area contributed by atoms with E-state index in [1.54, 1.807) is 0 Å². The molecular weight excluding hydrogens is 1210 g/mol. The van der Waals surface area contributed by atoms with Gasteiger partial charge >= 0.3 is 6.03 Å². The second kappa shape index (κ2) is 22.2. The fraction of sp³-hybridized carbons (Fsp3) is 0. The van der Waals surface area contributed by atoms with Crippen molar-refractivity contribution in [3.63, 3.8) is 0 Å². The number of benzene rings is 8. The Labute approximate surface area is 461 Å². The van der Waals surface area contributed by atoms with Gasteiger partial charge in [-0.25, -0.2) is 4.79 Å². The molecule has 0 spiro atoms. The van der Waals surface area contributed by atoms with E-state index in [4.69, 9.17) is 9.11 Å². The van der Waals surface area contributed by atoms with Gasteiger partial charge in [0.2, 0.25) is 0 Å². The van der Waals surface area contributed by atoms with Crippen molar-refractivity contribution in [1.82, 2.24) is 0 Å². The molecule has 424 valence electrons. The van der Waals surface area contributed by atoms with E-state index in [1.165, 1.54) is 24.3 Å². The van der Waals surface area contributed by atoms with Gasteiger partial charge in [0.1, 0.15) is 42.3 Å². The van der Waals surface area contributed by atoms with Crippen LogP contribution in [0.3, 0.4) is 0 Å². The van der Waals surface area contributed by atoms with Crippen molar-refractivity contribution < 1.29 is 92.8 Å². The molecule has 82 heavy (non-hydrogen) atoms. The third-order valence-electron chi connectivity index (χ3n) is 11.0. The van der Waals surface area contributed by atoms with Crippen LogP contribution in [0.1, 0.15) is 0 Å². The summed E-state index contributed by atoms with van der Waals surface area (Å²) in [6.07, 6.45) is 0. The molecule has 8 aromatic carbocycles. The first-order chi connectivity index (χ1) is 38.1. The standard InChI is InChI=1S/C45H32N10O21S6/c56-43-33-13-5-27(17-23(33)19-39(81(71,72)73)41(43)54-52-35-15-7-29(21-37(35)79(65,66)67)50-48-25-1-9-31(10-2-25)77(59,60)61)46-45(58)47-28-6-14-34-24(18-28)20-40(82(74,75)76)42(44(34)57)55-53-36-16-8-30(22-38(36)80(68,69)70)51-49-26-3-11-32(12-4-26)78(62,63)64/h1-22,56-57H,(H2,46,47,58)(H,59,60,61)(H,62,63,64)(H,65,66,67)(H,68,69,70)(H,71,72,73)(H,74,75,76). The van der Waals surface area contributed by atoms with E-state index in [9.17, 15) is 83.7 Å². The molecule has 8 aromatic rings. The molecule has 10 N–H and O–H groups in total. The Kier molecular flexibility index (Phi) is 16.0. The molecule has 31 nitrogen and oxygen atoms in total. The first kappa shape index (κ1) is 59.1. The van der Waals surface area contributed by atoms with E-state index in [1.807, 2.05) is 0 Å². The van der Waals surface area contributed by atoms with Crippen molar-refractivity contribution in [3.05, 3.63) is 133 Å². The number of rotatable bonds is 16. The van der Waals surface area contributed by atoms with Crippen molar-refractivity contribution in [3.8, 4) is 11.5 Å². The summed E-state index contributed by atoms with van der Waals surface area (Å²) in [5, 5.41) is 56.7. The molecule has 2 amide bonds. The first-order valence-corrected chi connectivity index (χ1v) is 30.5. The Morgan fingerprint density at radius 3 is 0.963 bits per heavy atom. The lowest BCUT2D eigenvalue weighted by molar-refractivity contribution is 0.262. The van der Waals surface area contributed by atoms with Crippen molar-refractivity contribution in [2.75, 3.05) is 10.6 Å². The summed E-state index contributed by atoms with van der Waals surface area (Å²) < 4.78 is 204. The molecule has 0 radical (unpaired) electrons. The number of carbonyl (C=O) groups is 1. The normalized spacial score (nSPS) is 13.0. The van der Waals surface area contributed by atoms with Gasteiger partial charge in [-0.05, 0) is 144 Å². The summed E-state index contributed by atoms with van der Waals surface area (Å²) in [7, 11) is -29.9. The van der Waals surface area contributed by atoms with Crippen LogP contribution in [0.2, 0.25) is 0 Å². The number of nitrogens with one attached hydrogen (secondary N) is 2. The zero-order chi connectivity index (χ0) is 59.9. The summed E-state index contributed by atoms with van der Waals surface area (Å²) >= 11 is 0. The van der Waals surface area contributed by atoms with Crippen LogP contribution in [0.25, 0.3) is 21.5 Å². The molecule has 0 saturated carbocycles. The zero-order valence-electron chi connectivity index (χ0n) is 40.1. The van der Waals surface area contributed by atoms with Gasteiger partial charge in [0.05, 0.1) is 32.5 Å². The number of phenolic OH excluding ortho intramolecular Hbond substituents is 2. The number of hydrogen-bond donors (Lipinski definition) is 10. The maximum absolute atomic E-state index is 13.3. The number of nitrogens with zero attached hydrogens (tertiary/aromatic N) is 8. The molecule has 0 atom stereocenters. The van der Waals surface area contributed by atoms with Crippen LogP contribution in [-0.2, 0) is 60.7 Å². The van der Waals surface area contributed by atoms with Crippen molar-refractivity contribution in [2.45, 2.75) is 29.4 Å². The number of phenols is 2. The number of urea groups is 1. The third-order valence-corrected chi connectivity index (χ3v) is 16.2. The molecule has 0 aromatic heterocycles. The molecule has 0 bridgehead atoms. The molecule has 37 heteroatoms. The first-order valence-electron chi connectivity index (χ1n) is 21.8. The van der Waals surface area contributed by atoms with Crippen LogP contribution < -0.4 is 10.6 Å². The minimum Gasteiger partial charge on any atom is -0.505 e. The van der Waals surface area contributed by atoms with Gasteiger partial charge in [-0.1, -0.05) is 0 Å². The van der Waals surface area contributed by atoms with Gasteiger partial charge < -0.3 is 20.8 Å². The number of azo groups is 4. The third kappa shape index (κ3) is 13.8. The lowest BCUT2D eigenvalue weighted by Crippen LogP contribution is -2.19. The molecule has 0 heterocycles. The molecule has 0 fully saturated rings. The summed E-state index contributed by atoms with van der Waals surface area (Å²) in [4.78, 5) is 8.37. The highest BCUT2D eigenvalue weighted by molar-refractivity contribution is 7.87. The van der Waals surface area contributed by atoms with Gasteiger partial charge in [-0.2, -0.15) is 71.0 Å². The Morgan fingerprint density at radius 1 is 0.329 bits per heavy atom.